The Morgan fingerprint density at radius 2 is 1.88 bits per heavy atom. The zero-order valence-electron chi connectivity index (χ0n) is 18.9. The number of rotatable bonds is 3. The fourth-order valence-electron chi connectivity index (χ4n) is 4.77. The molecule has 0 unspecified atom stereocenters. The molecule has 6 nitrogen and oxygen atoms in total. The first kappa shape index (κ1) is 19.7. The van der Waals surface area contributed by atoms with Gasteiger partial charge in [-0.15, -0.1) is 0 Å². The monoisotopic (exact) mass is 435 g/mol. The Balaban J connectivity index is 1.59. The summed E-state index contributed by atoms with van der Waals surface area (Å²) in [5, 5.41) is 8.13. The Morgan fingerprint density at radius 3 is 2.64 bits per heavy atom. The summed E-state index contributed by atoms with van der Waals surface area (Å²) in [5.41, 5.74) is 7.82. The van der Waals surface area contributed by atoms with Gasteiger partial charge in [-0.2, -0.15) is 10.1 Å². The van der Waals surface area contributed by atoms with Gasteiger partial charge in [0.1, 0.15) is 24.2 Å². The largest absolute Gasteiger partial charge is 0.480 e. The Hall–Kier alpha value is -3.93. The van der Waals surface area contributed by atoms with E-state index in [2.05, 4.69) is 89.7 Å². The molecule has 2 aromatic heterocycles. The van der Waals surface area contributed by atoms with Crippen LogP contribution >= 0.6 is 0 Å². The molecule has 2 aliphatic rings. The van der Waals surface area contributed by atoms with E-state index >= 15 is 0 Å². The van der Waals surface area contributed by atoms with Crippen LogP contribution in [0.4, 0.5) is 5.95 Å². The van der Waals surface area contributed by atoms with Crippen molar-refractivity contribution in [2.24, 2.45) is 0 Å². The number of aromatic nitrogens is 4. The van der Waals surface area contributed by atoms with Crippen molar-refractivity contribution in [3.63, 3.8) is 0 Å². The lowest BCUT2D eigenvalue weighted by atomic mass is 9.84. The van der Waals surface area contributed by atoms with Gasteiger partial charge in [-0.05, 0) is 47.7 Å². The number of hydrogen-bond donors (Lipinski definition) is 1. The Bertz CT molecular complexity index is 1360. The average Bonchev–Trinajstić information content (AvgIpc) is 3.31. The third kappa shape index (κ3) is 3.21. The van der Waals surface area contributed by atoms with E-state index in [1.165, 1.54) is 11.1 Å². The van der Waals surface area contributed by atoms with Gasteiger partial charge in [0.2, 0.25) is 5.95 Å². The number of ether oxygens (including phenoxy) is 1. The second-order valence-electron chi connectivity index (χ2n) is 8.99. The summed E-state index contributed by atoms with van der Waals surface area (Å²) in [4.78, 5) is 8.89. The molecule has 1 N–H and O–H groups in total. The molecule has 4 heterocycles. The third-order valence-electron chi connectivity index (χ3n) is 6.48. The maximum atomic E-state index is 6.71. The number of pyridine rings is 1. The van der Waals surface area contributed by atoms with E-state index in [4.69, 9.17) is 4.74 Å². The van der Waals surface area contributed by atoms with Crippen LogP contribution in [0.5, 0.6) is 5.75 Å². The topological polar surface area (TPSA) is 64.9 Å². The van der Waals surface area contributed by atoms with Gasteiger partial charge in [-0.1, -0.05) is 55.8 Å². The summed E-state index contributed by atoms with van der Waals surface area (Å²) >= 11 is 0. The number of anilines is 1. The molecule has 33 heavy (non-hydrogen) atoms. The summed E-state index contributed by atoms with van der Waals surface area (Å²) in [5.74, 6) is 2.05. The molecular formula is C27H25N5O. The molecule has 6 rings (SSSR count). The van der Waals surface area contributed by atoms with E-state index in [1.54, 1.807) is 12.5 Å². The van der Waals surface area contributed by atoms with E-state index in [0.29, 0.717) is 11.9 Å². The highest BCUT2D eigenvalue weighted by Crippen LogP contribution is 2.50. The van der Waals surface area contributed by atoms with Gasteiger partial charge < -0.3 is 10.1 Å². The second-order valence-corrected chi connectivity index (χ2v) is 8.99. The molecule has 2 aromatic carbocycles. The van der Waals surface area contributed by atoms with Gasteiger partial charge in [0.15, 0.2) is 0 Å². The zero-order chi connectivity index (χ0) is 22.5. The molecule has 0 radical (unpaired) electrons. The number of nitrogens with one attached hydrogen (secondary N) is 1. The van der Waals surface area contributed by atoms with Crippen LogP contribution in [0.3, 0.4) is 0 Å². The van der Waals surface area contributed by atoms with Crippen LogP contribution in [0.2, 0.25) is 0 Å². The van der Waals surface area contributed by atoms with Crippen molar-refractivity contribution in [1.29, 1.82) is 0 Å². The lowest BCUT2D eigenvalue weighted by Gasteiger charge is -2.39. The number of fused-ring (bicyclic) bond motifs is 3. The first-order valence-electron chi connectivity index (χ1n) is 11.3. The SMILES string of the molecule is Cc1ccc2c(c1)C1=C([C@H](c3ccc(C(C)C)cc3)O2)[C@@H](c2cccnc2)n2ncnc2N1. The number of aryl methyl sites for hydroxylation is 1. The number of benzene rings is 2. The van der Waals surface area contributed by atoms with Crippen molar-refractivity contribution in [3.8, 4) is 5.75 Å². The molecule has 6 heteroatoms. The van der Waals surface area contributed by atoms with Gasteiger partial charge in [-0.3, -0.25) is 4.98 Å². The quantitative estimate of drug-likeness (QED) is 0.449. The summed E-state index contributed by atoms with van der Waals surface area (Å²) < 4.78 is 8.63. The smallest absolute Gasteiger partial charge is 0.226 e. The normalized spacial score (nSPS) is 18.8. The lowest BCUT2D eigenvalue weighted by Crippen LogP contribution is -2.32. The highest BCUT2D eigenvalue weighted by molar-refractivity contribution is 5.85. The van der Waals surface area contributed by atoms with Gasteiger partial charge in [0.05, 0.1) is 5.70 Å². The highest BCUT2D eigenvalue weighted by Gasteiger charge is 2.41. The molecule has 0 fully saturated rings. The molecule has 0 saturated carbocycles. The number of nitrogens with zero attached hydrogens (tertiary/aromatic N) is 4. The molecule has 2 aliphatic heterocycles. The maximum Gasteiger partial charge on any atom is 0.226 e. The van der Waals surface area contributed by atoms with Crippen molar-refractivity contribution in [1.82, 2.24) is 19.7 Å². The van der Waals surface area contributed by atoms with Gasteiger partial charge in [0.25, 0.3) is 0 Å². The maximum absolute atomic E-state index is 6.71. The van der Waals surface area contributed by atoms with E-state index in [9.17, 15) is 0 Å². The fourth-order valence-corrected chi connectivity index (χ4v) is 4.77. The van der Waals surface area contributed by atoms with E-state index in [-0.39, 0.29) is 12.1 Å². The van der Waals surface area contributed by atoms with E-state index in [0.717, 1.165) is 33.7 Å². The molecule has 0 amide bonds. The molecule has 164 valence electrons. The molecule has 0 bridgehead atoms. The molecule has 0 saturated heterocycles. The first-order valence-corrected chi connectivity index (χ1v) is 11.3. The standard InChI is InChI=1S/C27H25N5O/c1-16(2)18-7-9-19(10-8-18)26-23-24(21-13-17(3)6-11-22(21)33-26)31-27-29-15-30-32(27)25(23)20-5-4-12-28-14-20/h4-16,25-26H,1-3H3,(H,29,30,31)/t25-,26+/m1/s1. The van der Waals surface area contributed by atoms with Crippen LogP contribution in [-0.2, 0) is 0 Å². The molecule has 0 aliphatic carbocycles. The van der Waals surface area contributed by atoms with Crippen molar-refractivity contribution in [2.45, 2.75) is 38.8 Å². The second kappa shape index (κ2) is 7.59. The number of hydrogen-bond acceptors (Lipinski definition) is 5. The third-order valence-corrected chi connectivity index (χ3v) is 6.48. The predicted octanol–water partition coefficient (Wildman–Crippen LogP) is 5.66. The summed E-state index contributed by atoms with van der Waals surface area (Å²) in [6, 6.07) is 18.9. The fraction of sp³-hybridized carbons (Fsp3) is 0.222. The minimum absolute atomic E-state index is 0.184. The van der Waals surface area contributed by atoms with Crippen LogP contribution in [0, 0.1) is 6.92 Å². The highest BCUT2D eigenvalue weighted by atomic mass is 16.5. The van der Waals surface area contributed by atoms with Crippen LogP contribution in [0.15, 0.2) is 78.9 Å². The van der Waals surface area contributed by atoms with Crippen LogP contribution in [0.1, 0.15) is 59.7 Å². The zero-order valence-corrected chi connectivity index (χ0v) is 18.9. The van der Waals surface area contributed by atoms with E-state index < -0.39 is 0 Å². The lowest BCUT2D eigenvalue weighted by molar-refractivity contribution is 0.223. The van der Waals surface area contributed by atoms with Crippen molar-refractivity contribution in [2.75, 3.05) is 5.32 Å². The Morgan fingerprint density at radius 1 is 1.03 bits per heavy atom. The minimum atomic E-state index is -0.272. The van der Waals surface area contributed by atoms with Crippen molar-refractivity contribution in [3.05, 3.63) is 107 Å². The van der Waals surface area contributed by atoms with Gasteiger partial charge in [0, 0.05) is 23.5 Å². The van der Waals surface area contributed by atoms with Gasteiger partial charge >= 0.3 is 0 Å². The Labute approximate surface area is 193 Å². The van der Waals surface area contributed by atoms with Gasteiger partial charge in [-0.25, -0.2) is 4.68 Å². The predicted molar refractivity (Wildman–Crippen MR) is 128 cm³/mol. The summed E-state index contributed by atoms with van der Waals surface area (Å²) in [7, 11) is 0. The molecular weight excluding hydrogens is 410 g/mol. The average molecular weight is 436 g/mol. The Kier molecular flexibility index (Phi) is 4.54. The molecule has 4 aromatic rings. The van der Waals surface area contributed by atoms with Crippen LogP contribution < -0.4 is 10.1 Å². The van der Waals surface area contributed by atoms with E-state index in [1.807, 2.05) is 16.9 Å². The van der Waals surface area contributed by atoms with Crippen molar-refractivity contribution >= 4 is 11.6 Å². The summed E-state index contributed by atoms with van der Waals surface area (Å²) in [6.45, 7) is 6.52. The van der Waals surface area contributed by atoms with Crippen LogP contribution in [-0.4, -0.2) is 19.7 Å². The van der Waals surface area contributed by atoms with Crippen molar-refractivity contribution < 1.29 is 4.74 Å². The minimum Gasteiger partial charge on any atom is -0.480 e. The molecule has 2 atom stereocenters. The first-order chi connectivity index (χ1) is 16.1. The van der Waals surface area contributed by atoms with Crippen LogP contribution in [0.25, 0.3) is 5.70 Å². The molecule has 0 spiro atoms. The summed E-state index contributed by atoms with van der Waals surface area (Å²) in [6.07, 6.45) is 5.01.